The predicted molar refractivity (Wildman–Crippen MR) is 55.6 cm³/mol. The van der Waals surface area contributed by atoms with Gasteiger partial charge in [0.2, 0.25) is 5.13 Å². The molecule has 1 fully saturated rings. The van der Waals surface area contributed by atoms with Gasteiger partial charge in [-0.2, -0.15) is 4.37 Å². The Balaban J connectivity index is 2.11. The largest absolute Gasteiger partial charge is 0.343 e. The highest BCUT2D eigenvalue weighted by Gasteiger charge is 2.23. The van der Waals surface area contributed by atoms with Crippen molar-refractivity contribution in [3.63, 3.8) is 0 Å². The lowest BCUT2D eigenvalue weighted by atomic mass is 10.0. The monoisotopic (exact) mass is 217 g/mol. The van der Waals surface area contributed by atoms with Gasteiger partial charge in [0.1, 0.15) is 6.33 Å². The Bertz CT molecular complexity index is 252. The normalized spacial score (nSPS) is 23.5. The van der Waals surface area contributed by atoms with Crippen molar-refractivity contribution in [1.82, 2.24) is 9.36 Å². The molecule has 1 saturated heterocycles. The maximum atomic E-state index is 5.91. The number of piperidine rings is 1. The van der Waals surface area contributed by atoms with Crippen LogP contribution in [0.25, 0.3) is 0 Å². The zero-order chi connectivity index (χ0) is 9.10. The number of alkyl halides is 1. The lowest BCUT2D eigenvalue weighted by Gasteiger charge is -2.33. The van der Waals surface area contributed by atoms with Crippen molar-refractivity contribution in [2.24, 2.45) is 0 Å². The van der Waals surface area contributed by atoms with Crippen LogP contribution in [0.15, 0.2) is 6.33 Å². The molecule has 5 heteroatoms. The van der Waals surface area contributed by atoms with E-state index in [1.54, 1.807) is 6.33 Å². The zero-order valence-electron chi connectivity index (χ0n) is 7.32. The molecule has 0 radical (unpaired) electrons. The highest BCUT2D eigenvalue weighted by Crippen LogP contribution is 2.25. The number of anilines is 1. The molecule has 2 heterocycles. The van der Waals surface area contributed by atoms with Gasteiger partial charge in [-0.15, -0.1) is 11.6 Å². The van der Waals surface area contributed by atoms with Crippen LogP contribution in [0.3, 0.4) is 0 Å². The smallest absolute Gasteiger partial charge is 0.205 e. The molecule has 0 spiro atoms. The number of hydrogen-bond acceptors (Lipinski definition) is 4. The number of rotatable bonds is 2. The van der Waals surface area contributed by atoms with Gasteiger partial charge in [0.15, 0.2) is 0 Å². The molecule has 13 heavy (non-hydrogen) atoms. The summed E-state index contributed by atoms with van der Waals surface area (Å²) in [7, 11) is 0. The van der Waals surface area contributed by atoms with Crippen LogP contribution in [0.2, 0.25) is 0 Å². The van der Waals surface area contributed by atoms with Crippen LogP contribution in [-0.2, 0) is 0 Å². The van der Waals surface area contributed by atoms with Crippen molar-refractivity contribution < 1.29 is 0 Å². The van der Waals surface area contributed by atoms with Crippen molar-refractivity contribution in [3.8, 4) is 0 Å². The van der Waals surface area contributed by atoms with Crippen LogP contribution >= 0.6 is 23.1 Å². The van der Waals surface area contributed by atoms with Crippen molar-refractivity contribution in [1.29, 1.82) is 0 Å². The molecule has 0 N–H and O–H groups in total. The topological polar surface area (TPSA) is 29.0 Å². The fourth-order valence-electron chi connectivity index (χ4n) is 1.71. The summed E-state index contributed by atoms with van der Waals surface area (Å²) in [5.41, 5.74) is 0. The number of halogens is 1. The summed E-state index contributed by atoms with van der Waals surface area (Å²) in [6.07, 6.45) is 5.32. The second-order valence-corrected chi connectivity index (χ2v) is 4.29. The molecule has 3 nitrogen and oxygen atoms in total. The molecule has 1 aliphatic heterocycles. The van der Waals surface area contributed by atoms with Gasteiger partial charge in [0.05, 0.1) is 0 Å². The molecular weight excluding hydrogens is 206 g/mol. The predicted octanol–water partition coefficient (Wildman–Crippen LogP) is 2.14. The molecule has 1 aromatic heterocycles. The van der Waals surface area contributed by atoms with E-state index in [9.17, 15) is 0 Å². The number of hydrogen-bond donors (Lipinski definition) is 0. The SMILES string of the molecule is ClCC1CCCCN1c1ncns1. The van der Waals surface area contributed by atoms with Gasteiger partial charge in [-0.1, -0.05) is 0 Å². The van der Waals surface area contributed by atoms with Crippen LogP contribution in [-0.4, -0.2) is 27.8 Å². The molecule has 0 aromatic carbocycles. The van der Waals surface area contributed by atoms with Gasteiger partial charge < -0.3 is 4.90 Å². The maximum absolute atomic E-state index is 5.91. The Morgan fingerprint density at radius 2 is 2.54 bits per heavy atom. The Labute approximate surface area is 86.9 Å². The second kappa shape index (κ2) is 4.24. The van der Waals surface area contributed by atoms with Gasteiger partial charge in [-0.05, 0) is 19.3 Å². The van der Waals surface area contributed by atoms with Gasteiger partial charge in [0.25, 0.3) is 0 Å². The molecular formula is C8H12ClN3S. The molecule has 72 valence electrons. The van der Waals surface area contributed by atoms with E-state index in [0.29, 0.717) is 11.9 Å². The van der Waals surface area contributed by atoms with E-state index in [1.807, 2.05) is 0 Å². The third-order valence-corrected chi connectivity index (χ3v) is 3.46. The molecule has 1 unspecified atom stereocenters. The quantitative estimate of drug-likeness (QED) is 0.711. The summed E-state index contributed by atoms with van der Waals surface area (Å²) in [6.45, 7) is 1.08. The lowest BCUT2D eigenvalue weighted by molar-refractivity contribution is 0.487. The maximum Gasteiger partial charge on any atom is 0.205 e. The second-order valence-electron chi connectivity index (χ2n) is 3.22. The van der Waals surface area contributed by atoms with Crippen LogP contribution in [0.1, 0.15) is 19.3 Å². The van der Waals surface area contributed by atoms with Crippen LogP contribution < -0.4 is 4.90 Å². The minimum absolute atomic E-state index is 0.461. The minimum Gasteiger partial charge on any atom is -0.343 e. The molecule has 1 aromatic rings. The lowest BCUT2D eigenvalue weighted by Crippen LogP contribution is -2.40. The van der Waals surface area contributed by atoms with Crippen molar-refractivity contribution >= 4 is 28.3 Å². The molecule has 1 atom stereocenters. The molecule has 1 aliphatic rings. The van der Waals surface area contributed by atoms with Gasteiger partial charge in [-0.25, -0.2) is 4.98 Å². The average molecular weight is 218 g/mol. The summed E-state index contributed by atoms with van der Waals surface area (Å²) < 4.78 is 4.01. The number of aromatic nitrogens is 2. The van der Waals surface area contributed by atoms with Crippen LogP contribution in [0, 0.1) is 0 Å². The highest BCUT2D eigenvalue weighted by atomic mass is 35.5. The van der Waals surface area contributed by atoms with E-state index in [1.165, 1.54) is 30.8 Å². The van der Waals surface area contributed by atoms with E-state index < -0.39 is 0 Å². The van der Waals surface area contributed by atoms with Crippen molar-refractivity contribution in [2.45, 2.75) is 25.3 Å². The van der Waals surface area contributed by atoms with Gasteiger partial charge in [-0.3, -0.25) is 0 Å². The molecule has 2 rings (SSSR count). The first-order valence-electron chi connectivity index (χ1n) is 4.51. The van der Waals surface area contributed by atoms with E-state index in [4.69, 9.17) is 11.6 Å². The van der Waals surface area contributed by atoms with E-state index in [2.05, 4.69) is 14.3 Å². The Hall–Kier alpha value is -0.350. The Morgan fingerprint density at radius 3 is 3.23 bits per heavy atom. The third-order valence-electron chi connectivity index (χ3n) is 2.40. The summed E-state index contributed by atoms with van der Waals surface area (Å²) in [5, 5.41) is 1.02. The van der Waals surface area contributed by atoms with Crippen molar-refractivity contribution in [2.75, 3.05) is 17.3 Å². The van der Waals surface area contributed by atoms with Crippen molar-refractivity contribution in [3.05, 3.63) is 6.33 Å². The molecule has 0 aliphatic carbocycles. The first-order valence-corrected chi connectivity index (χ1v) is 5.82. The van der Waals surface area contributed by atoms with Gasteiger partial charge in [0, 0.05) is 30.0 Å². The summed E-state index contributed by atoms with van der Waals surface area (Å²) in [5.74, 6) is 0.694. The average Bonchev–Trinajstić information content (AvgIpc) is 2.70. The Morgan fingerprint density at radius 1 is 1.62 bits per heavy atom. The van der Waals surface area contributed by atoms with Crippen LogP contribution in [0.4, 0.5) is 5.13 Å². The van der Waals surface area contributed by atoms with E-state index in [-0.39, 0.29) is 0 Å². The molecule has 0 saturated carbocycles. The fourth-order valence-corrected chi connectivity index (χ4v) is 2.66. The van der Waals surface area contributed by atoms with E-state index >= 15 is 0 Å². The fraction of sp³-hybridized carbons (Fsp3) is 0.750. The minimum atomic E-state index is 0.461. The number of nitrogens with zero attached hydrogens (tertiary/aromatic N) is 3. The summed E-state index contributed by atoms with van der Waals surface area (Å²) >= 11 is 7.36. The zero-order valence-corrected chi connectivity index (χ0v) is 8.89. The first-order chi connectivity index (χ1) is 6.42. The Kier molecular flexibility index (Phi) is 3.01. The van der Waals surface area contributed by atoms with Gasteiger partial charge >= 0.3 is 0 Å². The van der Waals surface area contributed by atoms with Crippen LogP contribution in [0.5, 0.6) is 0 Å². The highest BCUT2D eigenvalue weighted by molar-refractivity contribution is 7.09. The first kappa shape index (κ1) is 9.21. The molecule has 0 amide bonds. The standard InChI is InChI=1S/C8H12ClN3S/c9-5-7-3-1-2-4-12(7)8-10-6-11-13-8/h6-7H,1-5H2. The summed E-state index contributed by atoms with van der Waals surface area (Å²) in [4.78, 5) is 6.50. The third kappa shape index (κ3) is 1.94. The van der Waals surface area contributed by atoms with E-state index in [0.717, 1.165) is 11.7 Å². The summed E-state index contributed by atoms with van der Waals surface area (Å²) in [6, 6.07) is 0.461. The molecule has 0 bridgehead atoms.